The number of amides is 1. The van der Waals surface area contributed by atoms with Crippen molar-refractivity contribution >= 4 is 28.0 Å². The monoisotopic (exact) mass is 501 g/mol. The number of halogens is 1. The predicted octanol–water partition coefficient (Wildman–Crippen LogP) is 3.59. The van der Waals surface area contributed by atoms with Crippen molar-refractivity contribution in [2.75, 3.05) is 6.54 Å². The Kier molecular flexibility index (Phi) is 5.41. The molecule has 180 valence electrons. The lowest BCUT2D eigenvalue weighted by Gasteiger charge is -2.32. The van der Waals surface area contributed by atoms with Crippen LogP contribution in [0.4, 0.5) is 4.39 Å². The lowest BCUT2D eigenvalue weighted by atomic mass is 10.0. The molecule has 9 nitrogen and oxygen atoms in total. The van der Waals surface area contributed by atoms with Crippen LogP contribution in [0.1, 0.15) is 40.4 Å². The molecule has 1 aliphatic heterocycles. The number of H-pyrrole nitrogens is 1. The smallest absolute Gasteiger partial charge is 0.272 e. The van der Waals surface area contributed by atoms with Crippen LogP contribution in [0.5, 0.6) is 0 Å². The van der Waals surface area contributed by atoms with Crippen LogP contribution < -0.4 is 5.56 Å². The van der Waals surface area contributed by atoms with E-state index >= 15 is 0 Å². The summed E-state index contributed by atoms with van der Waals surface area (Å²) in [6, 6.07) is 11.6. The molecule has 5 aromatic rings. The Hall–Kier alpha value is -4.25. The lowest BCUT2D eigenvalue weighted by molar-refractivity contribution is 0.0677. The summed E-state index contributed by atoms with van der Waals surface area (Å²) >= 11 is 1.48. The molecule has 1 unspecified atom stereocenters. The van der Waals surface area contributed by atoms with E-state index in [0.717, 1.165) is 10.4 Å². The molecule has 11 heteroatoms. The van der Waals surface area contributed by atoms with E-state index in [2.05, 4.69) is 25.4 Å². The number of aromatic nitrogens is 6. The zero-order chi connectivity index (χ0) is 24.8. The average Bonchev–Trinajstić information content (AvgIpc) is 3.57. The van der Waals surface area contributed by atoms with E-state index in [0.29, 0.717) is 41.3 Å². The van der Waals surface area contributed by atoms with Crippen LogP contribution in [-0.4, -0.2) is 47.3 Å². The number of aromatic amines is 1. The van der Waals surface area contributed by atoms with Gasteiger partial charge < -0.3 is 9.47 Å². The van der Waals surface area contributed by atoms with Gasteiger partial charge in [-0.15, -0.1) is 21.5 Å². The standard InChI is InChI=1S/C25H20FN7O2S/c1-14-12-32(13-21-29-30-22(33(14)21)24-27-8-9-36-24)25(35)18-10-15(6-7-19(18)26)11-20-16-4-2-3-5-17(16)23(34)31-28-20/h2-10,14H,11-13H2,1H3,(H,31,34). The molecule has 3 aromatic heterocycles. The number of carbonyl (C=O) groups is 1. The summed E-state index contributed by atoms with van der Waals surface area (Å²) in [5.41, 5.74) is 1.07. The third kappa shape index (κ3) is 3.77. The molecule has 6 rings (SSSR count). The summed E-state index contributed by atoms with van der Waals surface area (Å²) in [4.78, 5) is 31.4. The van der Waals surface area contributed by atoms with E-state index in [1.165, 1.54) is 17.4 Å². The van der Waals surface area contributed by atoms with Crippen molar-refractivity contribution in [3.63, 3.8) is 0 Å². The Labute approximate surface area is 208 Å². The van der Waals surface area contributed by atoms with Gasteiger partial charge >= 0.3 is 0 Å². The Morgan fingerprint density at radius 2 is 2.03 bits per heavy atom. The second kappa shape index (κ2) is 8.76. The van der Waals surface area contributed by atoms with Crippen molar-refractivity contribution < 1.29 is 9.18 Å². The maximum Gasteiger partial charge on any atom is 0.272 e. The van der Waals surface area contributed by atoms with E-state index in [1.807, 2.05) is 29.0 Å². The molecule has 2 aromatic carbocycles. The quantitative estimate of drug-likeness (QED) is 0.403. The minimum absolute atomic E-state index is 0.0125. The number of rotatable bonds is 4. The first-order valence-corrected chi connectivity index (χ1v) is 12.2. The SMILES string of the molecule is CC1CN(C(=O)c2cc(Cc3n[nH]c(=O)c4ccccc34)ccc2F)Cc2nnc(-c3nccs3)n21. The first-order valence-electron chi connectivity index (χ1n) is 11.4. The molecule has 4 heterocycles. The second-order valence-corrected chi connectivity index (χ2v) is 9.61. The van der Waals surface area contributed by atoms with Gasteiger partial charge in [0.05, 0.1) is 29.2 Å². The van der Waals surface area contributed by atoms with Crippen LogP contribution in [0.15, 0.2) is 58.8 Å². The molecular formula is C25H20FN7O2S. The maximum atomic E-state index is 14.9. The van der Waals surface area contributed by atoms with Crippen LogP contribution in [0, 0.1) is 5.82 Å². The van der Waals surface area contributed by atoms with Crippen molar-refractivity contribution in [3.05, 3.63) is 92.9 Å². The largest absolute Gasteiger partial charge is 0.329 e. The van der Waals surface area contributed by atoms with Gasteiger partial charge in [0.2, 0.25) is 0 Å². The second-order valence-electron chi connectivity index (χ2n) is 8.72. The van der Waals surface area contributed by atoms with E-state index in [4.69, 9.17) is 0 Å². The molecule has 0 fully saturated rings. The Morgan fingerprint density at radius 1 is 1.19 bits per heavy atom. The highest BCUT2D eigenvalue weighted by Gasteiger charge is 2.31. The summed E-state index contributed by atoms with van der Waals surface area (Å²) in [5.74, 6) is 0.304. The Bertz CT molecular complexity index is 1660. The highest BCUT2D eigenvalue weighted by atomic mass is 32.1. The Balaban J connectivity index is 1.29. The first kappa shape index (κ1) is 22.2. The van der Waals surface area contributed by atoms with Crippen molar-refractivity contribution in [1.82, 2.24) is 34.8 Å². The fraction of sp³-hybridized carbons (Fsp3) is 0.200. The van der Waals surface area contributed by atoms with Crippen molar-refractivity contribution in [1.29, 1.82) is 0 Å². The molecule has 0 aliphatic carbocycles. The third-order valence-electron chi connectivity index (χ3n) is 6.34. The Morgan fingerprint density at radius 3 is 2.83 bits per heavy atom. The molecule has 1 aliphatic rings. The highest BCUT2D eigenvalue weighted by molar-refractivity contribution is 7.13. The number of hydrogen-bond donors (Lipinski definition) is 1. The van der Waals surface area contributed by atoms with Crippen molar-refractivity contribution in [2.45, 2.75) is 25.9 Å². The lowest BCUT2D eigenvalue weighted by Crippen LogP contribution is -2.40. The summed E-state index contributed by atoms with van der Waals surface area (Å²) in [5, 5.41) is 19.2. The number of thiazole rings is 1. The molecule has 0 saturated heterocycles. The predicted molar refractivity (Wildman–Crippen MR) is 132 cm³/mol. The topological polar surface area (TPSA) is 110 Å². The minimum Gasteiger partial charge on any atom is -0.329 e. The molecule has 0 radical (unpaired) electrons. The maximum absolute atomic E-state index is 14.9. The molecule has 36 heavy (non-hydrogen) atoms. The van der Waals surface area contributed by atoms with Crippen molar-refractivity contribution in [3.8, 4) is 10.8 Å². The number of nitrogens with zero attached hydrogens (tertiary/aromatic N) is 6. The van der Waals surface area contributed by atoms with Crippen LogP contribution >= 0.6 is 11.3 Å². The number of hydrogen-bond acceptors (Lipinski definition) is 7. The fourth-order valence-corrected chi connectivity index (χ4v) is 5.30. The molecule has 0 bridgehead atoms. The molecule has 1 N–H and O–H groups in total. The summed E-state index contributed by atoms with van der Waals surface area (Å²) in [6.07, 6.45) is 2.05. The van der Waals surface area contributed by atoms with E-state index in [-0.39, 0.29) is 23.7 Å². The zero-order valence-electron chi connectivity index (χ0n) is 19.2. The van der Waals surface area contributed by atoms with Crippen LogP contribution in [0.25, 0.3) is 21.6 Å². The van der Waals surface area contributed by atoms with Crippen molar-refractivity contribution in [2.24, 2.45) is 0 Å². The third-order valence-corrected chi connectivity index (χ3v) is 7.11. The number of fused-ring (bicyclic) bond motifs is 2. The molecule has 0 saturated carbocycles. The normalized spacial score (nSPS) is 15.3. The van der Waals surface area contributed by atoms with Crippen LogP contribution in [0.3, 0.4) is 0 Å². The highest BCUT2D eigenvalue weighted by Crippen LogP contribution is 2.29. The first-order chi connectivity index (χ1) is 17.5. The van der Waals surface area contributed by atoms with Gasteiger partial charge in [-0.1, -0.05) is 24.3 Å². The zero-order valence-corrected chi connectivity index (χ0v) is 20.0. The van der Waals surface area contributed by atoms with E-state index in [1.54, 1.807) is 35.4 Å². The summed E-state index contributed by atoms with van der Waals surface area (Å²) in [7, 11) is 0. The number of carbonyl (C=O) groups excluding carboxylic acids is 1. The van der Waals surface area contributed by atoms with E-state index in [9.17, 15) is 14.0 Å². The van der Waals surface area contributed by atoms with Gasteiger partial charge in [0.25, 0.3) is 11.5 Å². The van der Waals surface area contributed by atoms with E-state index < -0.39 is 11.7 Å². The summed E-state index contributed by atoms with van der Waals surface area (Å²) < 4.78 is 16.8. The van der Waals surface area contributed by atoms with Gasteiger partial charge in [-0.25, -0.2) is 14.5 Å². The van der Waals surface area contributed by atoms with Gasteiger partial charge in [-0.3, -0.25) is 9.59 Å². The van der Waals surface area contributed by atoms with Gasteiger partial charge in [-0.2, -0.15) is 5.10 Å². The van der Waals surface area contributed by atoms with Crippen LogP contribution in [-0.2, 0) is 13.0 Å². The fourth-order valence-electron chi connectivity index (χ4n) is 4.68. The molecular weight excluding hydrogens is 481 g/mol. The van der Waals surface area contributed by atoms with Gasteiger partial charge in [0.15, 0.2) is 16.7 Å². The van der Waals surface area contributed by atoms with Gasteiger partial charge in [0.1, 0.15) is 5.82 Å². The van der Waals surface area contributed by atoms with Gasteiger partial charge in [0, 0.05) is 29.9 Å². The van der Waals surface area contributed by atoms with Crippen LogP contribution in [0.2, 0.25) is 0 Å². The minimum atomic E-state index is -0.591. The number of nitrogens with one attached hydrogen (secondary N) is 1. The molecule has 0 spiro atoms. The summed E-state index contributed by atoms with van der Waals surface area (Å²) in [6.45, 7) is 2.58. The number of benzene rings is 2. The van der Waals surface area contributed by atoms with Gasteiger partial charge in [-0.05, 0) is 30.7 Å². The molecule has 1 amide bonds. The average molecular weight is 502 g/mol. The molecule has 1 atom stereocenters.